The maximum atomic E-state index is 5.63. The number of terminal acetylenes is 1. The minimum atomic E-state index is 0.298. The average molecular weight is 247 g/mol. The monoisotopic (exact) mass is 247 g/mol. The highest BCUT2D eigenvalue weighted by atomic mass is 16.5. The van der Waals surface area contributed by atoms with Crippen LogP contribution < -0.4 is 10.1 Å². The molecule has 4 nitrogen and oxygen atoms in total. The molecule has 1 rings (SSSR count). The van der Waals surface area contributed by atoms with Crippen LogP contribution in [0.4, 0.5) is 5.82 Å². The Morgan fingerprint density at radius 1 is 1.44 bits per heavy atom. The number of anilines is 1. The van der Waals surface area contributed by atoms with E-state index in [1.54, 1.807) is 0 Å². The molecule has 4 heteroatoms. The molecule has 0 unspecified atom stereocenters. The predicted molar refractivity (Wildman–Crippen MR) is 73.8 cm³/mol. The molecule has 0 spiro atoms. The van der Waals surface area contributed by atoms with Gasteiger partial charge in [-0.25, -0.2) is 9.97 Å². The Bertz CT molecular complexity index is 410. The number of hydrogen-bond acceptors (Lipinski definition) is 4. The van der Waals surface area contributed by atoms with Crippen molar-refractivity contribution < 1.29 is 4.74 Å². The Kier molecular flexibility index (Phi) is 5.99. The quantitative estimate of drug-likeness (QED) is 0.594. The van der Waals surface area contributed by atoms with E-state index in [0.717, 1.165) is 24.3 Å². The highest BCUT2D eigenvalue weighted by Gasteiger charge is 2.15. The summed E-state index contributed by atoms with van der Waals surface area (Å²) in [6.45, 7) is 7.70. The van der Waals surface area contributed by atoms with E-state index in [2.05, 4.69) is 42.0 Å². The lowest BCUT2D eigenvalue weighted by Crippen LogP contribution is -2.10. The number of hydrogen-bond donors (Lipinski definition) is 1. The second-order valence-electron chi connectivity index (χ2n) is 4.33. The van der Waals surface area contributed by atoms with Crippen molar-refractivity contribution in [1.82, 2.24) is 9.97 Å². The molecule has 0 radical (unpaired) electrons. The molecule has 0 amide bonds. The van der Waals surface area contributed by atoms with E-state index in [-0.39, 0.29) is 0 Å². The smallest absolute Gasteiger partial charge is 0.222 e. The second-order valence-corrected chi connectivity index (χ2v) is 4.33. The van der Waals surface area contributed by atoms with Gasteiger partial charge in [0.2, 0.25) is 5.88 Å². The largest absolute Gasteiger partial charge is 0.476 e. The zero-order chi connectivity index (χ0) is 13.4. The van der Waals surface area contributed by atoms with Crippen LogP contribution >= 0.6 is 0 Å². The van der Waals surface area contributed by atoms with E-state index in [0.29, 0.717) is 24.8 Å². The van der Waals surface area contributed by atoms with Gasteiger partial charge >= 0.3 is 0 Å². The summed E-state index contributed by atoms with van der Waals surface area (Å²) in [4.78, 5) is 8.48. The first-order chi connectivity index (χ1) is 8.70. The first kappa shape index (κ1) is 14.3. The minimum Gasteiger partial charge on any atom is -0.476 e. The van der Waals surface area contributed by atoms with Gasteiger partial charge in [0.05, 0.1) is 5.56 Å². The number of aromatic nitrogens is 2. The fourth-order valence-electron chi connectivity index (χ4n) is 1.61. The third-order valence-electron chi connectivity index (χ3n) is 2.45. The summed E-state index contributed by atoms with van der Waals surface area (Å²) in [6, 6.07) is 0. The van der Waals surface area contributed by atoms with Crippen LogP contribution in [-0.4, -0.2) is 23.1 Å². The molecule has 1 aromatic heterocycles. The van der Waals surface area contributed by atoms with Crippen molar-refractivity contribution in [3.63, 3.8) is 0 Å². The Balaban J connectivity index is 2.91. The van der Waals surface area contributed by atoms with Crippen LogP contribution in [-0.2, 0) is 0 Å². The normalized spacial score (nSPS) is 10.2. The number of ether oxygens (including phenoxy) is 1. The lowest BCUT2D eigenvalue weighted by atomic mass is 10.1. The number of nitrogens with zero attached hydrogens (tertiary/aromatic N) is 2. The zero-order valence-corrected chi connectivity index (χ0v) is 11.4. The molecule has 0 saturated heterocycles. The molecular formula is C14H21N3O. The summed E-state index contributed by atoms with van der Waals surface area (Å²) in [6.07, 6.45) is 8.37. The molecule has 0 atom stereocenters. The van der Waals surface area contributed by atoms with Gasteiger partial charge in [0, 0.05) is 13.0 Å². The van der Waals surface area contributed by atoms with Crippen molar-refractivity contribution in [2.75, 3.05) is 18.5 Å². The Hall–Kier alpha value is -1.76. The van der Waals surface area contributed by atoms with Crippen LogP contribution in [0.2, 0.25) is 0 Å². The van der Waals surface area contributed by atoms with E-state index in [4.69, 9.17) is 11.2 Å². The summed E-state index contributed by atoms with van der Waals surface area (Å²) in [5.41, 5.74) is 1.02. The summed E-state index contributed by atoms with van der Waals surface area (Å²) >= 11 is 0. The molecule has 1 aromatic rings. The third kappa shape index (κ3) is 3.92. The molecule has 0 fully saturated rings. The standard InChI is InChI=1S/C14H21N3O/c1-5-7-9-18-14-12(11(3)4)13(15-8-6-2)16-10-17-14/h1,10-11H,6-9H2,2-4H3,(H,15,16,17). The lowest BCUT2D eigenvalue weighted by Gasteiger charge is -2.16. The van der Waals surface area contributed by atoms with Gasteiger partial charge in [0.15, 0.2) is 0 Å². The molecule has 1 heterocycles. The van der Waals surface area contributed by atoms with Crippen LogP contribution in [0.5, 0.6) is 5.88 Å². The van der Waals surface area contributed by atoms with Crippen LogP contribution in [0.3, 0.4) is 0 Å². The fourth-order valence-corrected chi connectivity index (χ4v) is 1.61. The van der Waals surface area contributed by atoms with Gasteiger partial charge in [-0.1, -0.05) is 20.8 Å². The minimum absolute atomic E-state index is 0.298. The van der Waals surface area contributed by atoms with Gasteiger partial charge in [-0.05, 0) is 12.3 Å². The van der Waals surface area contributed by atoms with Gasteiger partial charge in [-0.3, -0.25) is 0 Å². The van der Waals surface area contributed by atoms with Crippen LogP contribution in [0.25, 0.3) is 0 Å². The Morgan fingerprint density at radius 3 is 2.83 bits per heavy atom. The lowest BCUT2D eigenvalue weighted by molar-refractivity contribution is 0.309. The zero-order valence-electron chi connectivity index (χ0n) is 11.4. The molecule has 0 bridgehead atoms. The van der Waals surface area contributed by atoms with Gasteiger partial charge in [-0.2, -0.15) is 0 Å². The summed E-state index contributed by atoms with van der Waals surface area (Å²) in [7, 11) is 0. The topological polar surface area (TPSA) is 47.0 Å². The highest BCUT2D eigenvalue weighted by molar-refractivity contribution is 5.50. The van der Waals surface area contributed by atoms with Crippen molar-refractivity contribution in [3.8, 4) is 18.2 Å². The summed E-state index contributed by atoms with van der Waals surface area (Å²) < 4.78 is 5.63. The van der Waals surface area contributed by atoms with E-state index >= 15 is 0 Å². The van der Waals surface area contributed by atoms with Crippen LogP contribution in [0.15, 0.2) is 6.33 Å². The third-order valence-corrected chi connectivity index (χ3v) is 2.45. The molecule has 0 saturated carbocycles. The van der Waals surface area contributed by atoms with Crippen molar-refractivity contribution >= 4 is 5.82 Å². The van der Waals surface area contributed by atoms with Gasteiger partial charge < -0.3 is 10.1 Å². The average Bonchev–Trinajstić information content (AvgIpc) is 2.36. The molecule has 0 aromatic carbocycles. The first-order valence-electron chi connectivity index (χ1n) is 6.35. The first-order valence-corrected chi connectivity index (χ1v) is 6.35. The maximum Gasteiger partial charge on any atom is 0.222 e. The molecule has 0 aliphatic heterocycles. The Morgan fingerprint density at radius 2 is 2.22 bits per heavy atom. The van der Waals surface area contributed by atoms with Crippen molar-refractivity contribution in [2.24, 2.45) is 0 Å². The maximum absolute atomic E-state index is 5.63. The van der Waals surface area contributed by atoms with Crippen LogP contribution in [0.1, 0.15) is 45.1 Å². The molecule has 0 aliphatic rings. The number of rotatable bonds is 7. The van der Waals surface area contributed by atoms with E-state index in [1.807, 2.05) is 0 Å². The molecule has 1 N–H and O–H groups in total. The van der Waals surface area contributed by atoms with Gasteiger partial charge in [-0.15, -0.1) is 12.3 Å². The fraction of sp³-hybridized carbons (Fsp3) is 0.571. The van der Waals surface area contributed by atoms with Gasteiger partial charge in [0.1, 0.15) is 18.8 Å². The van der Waals surface area contributed by atoms with Crippen molar-refractivity contribution in [3.05, 3.63) is 11.9 Å². The number of nitrogens with one attached hydrogen (secondary N) is 1. The SMILES string of the molecule is C#CCCOc1ncnc(NCCC)c1C(C)C. The van der Waals surface area contributed by atoms with Crippen LogP contribution in [0, 0.1) is 12.3 Å². The predicted octanol–water partition coefficient (Wildman–Crippen LogP) is 2.82. The summed E-state index contributed by atoms with van der Waals surface area (Å²) in [5.74, 6) is 4.34. The Labute approximate surface area is 109 Å². The molecule has 98 valence electrons. The van der Waals surface area contributed by atoms with Crippen molar-refractivity contribution in [2.45, 2.75) is 39.5 Å². The highest BCUT2D eigenvalue weighted by Crippen LogP contribution is 2.29. The summed E-state index contributed by atoms with van der Waals surface area (Å²) in [5, 5.41) is 3.30. The molecule has 18 heavy (non-hydrogen) atoms. The molecule has 0 aliphatic carbocycles. The van der Waals surface area contributed by atoms with Gasteiger partial charge in [0.25, 0.3) is 0 Å². The second kappa shape index (κ2) is 7.54. The molecular weight excluding hydrogens is 226 g/mol. The van der Waals surface area contributed by atoms with E-state index in [9.17, 15) is 0 Å². The van der Waals surface area contributed by atoms with Crippen molar-refractivity contribution in [1.29, 1.82) is 0 Å². The van der Waals surface area contributed by atoms with E-state index in [1.165, 1.54) is 6.33 Å². The van der Waals surface area contributed by atoms with E-state index < -0.39 is 0 Å².